The van der Waals surface area contributed by atoms with Crippen molar-refractivity contribution in [3.8, 4) is 5.75 Å². The van der Waals surface area contributed by atoms with Gasteiger partial charge in [0.2, 0.25) is 5.16 Å². The molecule has 0 spiro atoms. The average molecular weight is 528 g/mol. The lowest BCUT2D eigenvalue weighted by Crippen LogP contribution is -2.34. The number of hydrogen-bond acceptors (Lipinski definition) is 9. The first-order valence-corrected chi connectivity index (χ1v) is 11.8. The van der Waals surface area contributed by atoms with Crippen LogP contribution in [0.2, 0.25) is 0 Å². The van der Waals surface area contributed by atoms with Crippen LogP contribution in [0.1, 0.15) is 18.2 Å². The van der Waals surface area contributed by atoms with Crippen molar-refractivity contribution >= 4 is 33.6 Å². The van der Waals surface area contributed by atoms with E-state index in [4.69, 9.17) is 9.57 Å². The number of rotatable bonds is 8. The van der Waals surface area contributed by atoms with Crippen molar-refractivity contribution in [3.63, 3.8) is 0 Å². The van der Waals surface area contributed by atoms with Crippen LogP contribution < -0.4 is 4.74 Å². The van der Waals surface area contributed by atoms with E-state index in [1.165, 1.54) is 31.0 Å². The van der Waals surface area contributed by atoms with Crippen LogP contribution in [0.25, 0.3) is 11.0 Å². The predicted octanol–water partition coefficient (Wildman–Crippen LogP) is 3.23. The number of fused-ring (bicyclic) bond motifs is 1. The summed E-state index contributed by atoms with van der Waals surface area (Å²) in [5.74, 6) is -0.306. The van der Waals surface area contributed by atoms with E-state index >= 15 is 0 Å². The molecule has 2 heterocycles. The van der Waals surface area contributed by atoms with Crippen LogP contribution in [-0.4, -0.2) is 73.7 Å². The summed E-state index contributed by atoms with van der Waals surface area (Å²) in [6.07, 6.45) is -5.38. The Balaban J connectivity index is 1.91. The van der Waals surface area contributed by atoms with Gasteiger partial charge >= 0.3 is 12.3 Å². The number of para-hydroxylation sites is 2. The summed E-state index contributed by atoms with van der Waals surface area (Å²) in [6.45, 7) is 1.48. The van der Waals surface area contributed by atoms with E-state index in [0.717, 1.165) is 4.57 Å². The second kappa shape index (κ2) is 11.1. The SMILES string of the molecule is C/C(=N\OC(=O)n1c(S(=O)Cc2nccc(OCC(F)(F)F)c2C)nc2ccccc21)[C@H](O)N(C)C. The van der Waals surface area contributed by atoms with E-state index in [2.05, 4.69) is 15.1 Å². The molecule has 2 aromatic heterocycles. The molecule has 14 heteroatoms. The number of halogens is 3. The number of oxime groups is 1. The van der Waals surface area contributed by atoms with Gasteiger partial charge in [0.25, 0.3) is 0 Å². The second-order valence-corrected chi connectivity index (χ2v) is 9.27. The number of benzene rings is 1. The molecule has 0 saturated heterocycles. The summed E-state index contributed by atoms with van der Waals surface area (Å²) in [7, 11) is 1.25. The Labute approximate surface area is 206 Å². The number of nitrogens with zero attached hydrogens (tertiary/aromatic N) is 5. The minimum atomic E-state index is -4.52. The molecule has 0 aliphatic carbocycles. The molecule has 0 saturated carbocycles. The van der Waals surface area contributed by atoms with Crippen molar-refractivity contribution in [1.29, 1.82) is 0 Å². The van der Waals surface area contributed by atoms with Gasteiger partial charge in [0.05, 0.1) is 39.0 Å². The summed E-state index contributed by atoms with van der Waals surface area (Å²) < 4.78 is 56.8. The first-order chi connectivity index (χ1) is 16.9. The number of ether oxygens (including phenoxy) is 1. The monoisotopic (exact) mass is 527 g/mol. The number of aromatic nitrogens is 3. The molecule has 10 nitrogen and oxygen atoms in total. The van der Waals surface area contributed by atoms with Gasteiger partial charge in [-0.2, -0.15) is 13.2 Å². The lowest BCUT2D eigenvalue weighted by atomic mass is 10.2. The third kappa shape index (κ3) is 6.44. The van der Waals surface area contributed by atoms with E-state index < -0.39 is 35.9 Å². The molecule has 0 radical (unpaired) electrons. The number of carbonyl (C=O) groups excluding carboxylic acids is 1. The Kier molecular flexibility index (Phi) is 8.43. The van der Waals surface area contributed by atoms with Crippen LogP contribution in [0, 0.1) is 6.92 Å². The average Bonchev–Trinajstić information content (AvgIpc) is 3.21. The highest BCUT2D eigenvalue weighted by Crippen LogP contribution is 2.26. The number of hydrogen-bond donors (Lipinski definition) is 1. The number of carbonyl (C=O) groups is 1. The molecule has 1 unspecified atom stereocenters. The largest absolute Gasteiger partial charge is 0.484 e. The normalized spacial score (nSPS) is 14.2. The van der Waals surface area contributed by atoms with Gasteiger partial charge < -0.3 is 9.84 Å². The zero-order valence-corrected chi connectivity index (χ0v) is 20.6. The van der Waals surface area contributed by atoms with Crippen LogP contribution >= 0.6 is 0 Å². The minimum Gasteiger partial charge on any atom is -0.484 e. The van der Waals surface area contributed by atoms with E-state index in [0.29, 0.717) is 11.0 Å². The highest BCUT2D eigenvalue weighted by atomic mass is 32.2. The molecule has 0 bridgehead atoms. The number of pyridine rings is 1. The molecule has 0 fully saturated rings. The van der Waals surface area contributed by atoms with E-state index in [-0.39, 0.29) is 33.6 Å². The fourth-order valence-corrected chi connectivity index (χ4v) is 4.36. The maximum Gasteiger partial charge on any atom is 0.446 e. The van der Waals surface area contributed by atoms with Gasteiger partial charge in [-0.15, -0.1) is 0 Å². The molecular formula is C22H24F3N5O5S. The highest BCUT2D eigenvalue weighted by molar-refractivity contribution is 7.84. The van der Waals surface area contributed by atoms with Gasteiger partial charge in [-0.3, -0.25) is 18.9 Å². The molecule has 1 aromatic carbocycles. The fourth-order valence-electron chi connectivity index (χ4n) is 3.11. The smallest absolute Gasteiger partial charge is 0.446 e. The van der Waals surface area contributed by atoms with Crippen molar-refractivity contribution in [3.05, 3.63) is 47.8 Å². The van der Waals surface area contributed by atoms with Crippen molar-refractivity contribution in [2.75, 3.05) is 20.7 Å². The summed E-state index contributed by atoms with van der Waals surface area (Å²) >= 11 is 0. The van der Waals surface area contributed by atoms with Crippen molar-refractivity contribution in [1.82, 2.24) is 19.4 Å². The number of aliphatic hydroxyl groups excluding tert-OH is 1. The van der Waals surface area contributed by atoms with Gasteiger partial charge in [0.1, 0.15) is 12.0 Å². The van der Waals surface area contributed by atoms with Gasteiger partial charge in [0, 0.05) is 11.8 Å². The summed E-state index contributed by atoms with van der Waals surface area (Å²) in [5, 5.41) is 13.5. The molecule has 0 amide bonds. The Bertz CT molecular complexity index is 1310. The first kappa shape index (κ1) is 27.2. The Morgan fingerprint density at radius 2 is 1.97 bits per heavy atom. The Hall–Kier alpha value is -3.36. The maximum atomic E-state index is 13.3. The molecule has 3 rings (SSSR count). The quantitative estimate of drug-likeness (QED) is 0.205. The molecule has 36 heavy (non-hydrogen) atoms. The summed E-state index contributed by atoms with van der Waals surface area (Å²) in [4.78, 5) is 27.7. The summed E-state index contributed by atoms with van der Waals surface area (Å²) in [6, 6.07) is 7.80. The first-order valence-electron chi connectivity index (χ1n) is 10.5. The Morgan fingerprint density at radius 3 is 2.64 bits per heavy atom. The molecule has 3 aromatic rings. The number of imidazole rings is 1. The van der Waals surface area contributed by atoms with Gasteiger partial charge in [-0.25, -0.2) is 14.3 Å². The van der Waals surface area contributed by atoms with Gasteiger partial charge in [-0.05, 0) is 46.1 Å². The zero-order valence-electron chi connectivity index (χ0n) is 19.8. The molecule has 0 aliphatic rings. The van der Waals surface area contributed by atoms with Crippen LogP contribution in [0.15, 0.2) is 46.8 Å². The van der Waals surface area contributed by atoms with Gasteiger partial charge in [-0.1, -0.05) is 17.3 Å². The van der Waals surface area contributed by atoms with E-state index in [9.17, 15) is 27.3 Å². The molecular weight excluding hydrogens is 503 g/mol. The minimum absolute atomic E-state index is 0.0495. The van der Waals surface area contributed by atoms with Crippen molar-refractivity contribution in [2.24, 2.45) is 5.16 Å². The maximum absolute atomic E-state index is 13.3. The predicted molar refractivity (Wildman–Crippen MR) is 125 cm³/mol. The lowest BCUT2D eigenvalue weighted by molar-refractivity contribution is -0.153. The van der Waals surface area contributed by atoms with Crippen molar-refractivity contribution < 1.29 is 36.9 Å². The lowest BCUT2D eigenvalue weighted by Gasteiger charge is -2.17. The highest BCUT2D eigenvalue weighted by Gasteiger charge is 2.29. The molecule has 194 valence electrons. The number of aliphatic hydroxyl groups is 1. The third-order valence-corrected chi connectivity index (χ3v) is 6.18. The van der Waals surface area contributed by atoms with Crippen LogP contribution in [0.5, 0.6) is 5.75 Å². The standard InChI is InChI=1S/C22H24F3N5O5S/c1-13-16(26-10-9-18(13)34-12-22(23,24)25)11-36(33)20-27-15-7-5-6-8-17(15)30(20)21(32)35-28-14(2)19(31)29(3)4/h5-10,19,31H,11-12H2,1-4H3/b28-14+/t19-,36?/m0/s1. The van der Waals surface area contributed by atoms with E-state index in [1.807, 2.05) is 0 Å². The van der Waals surface area contributed by atoms with Crippen LogP contribution in [0.3, 0.4) is 0 Å². The zero-order chi connectivity index (χ0) is 26.6. The third-order valence-electron chi connectivity index (χ3n) is 4.96. The van der Waals surface area contributed by atoms with Gasteiger partial charge in [0.15, 0.2) is 6.61 Å². The van der Waals surface area contributed by atoms with Crippen molar-refractivity contribution in [2.45, 2.75) is 37.2 Å². The molecule has 0 aliphatic heterocycles. The topological polar surface area (TPSA) is 119 Å². The van der Waals surface area contributed by atoms with Crippen LogP contribution in [0.4, 0.5) is 18.0 Å². The van der Waals surface area contributed by atoms with E-state index in [1.54, 1.807) is 38.4 Å². The second-order valence-electron chi connectivity index (χ2n) is 7.92. The summed E-state index contributed by atoms with van der Waals surface area (Å²) in [5.41, 5.74) is 1.26. The molecule has 2 atom stereocenters. The molecule has 1 N–H and O–H groups in total. The fraction of sp³-hybridized carbons (Fsp3) is 0.364. The van der Waals surface area contributed by atoms with Crippen LogP contribution in [-0.2, 0) is 21.4 Å². The Morgan fingerprint density at radius 1 is 1.28 bits per heavy atom. The number of alkyl halides is 3.